The van der Waals surface area contributed by atoms with Crippen LogP contribution in [0.2, 0.25) is 0 Å². The molecule has 0 aromatic heterocycles. The Morgan fingerprint density at radius 3 is 2.42 bits per heavy atom. The van der Waals surface area contributed by atoms with Crippen LogP contribution in [0.5, 0.6) is 5.75 Å². The Hall–Kier alpha value is -1.70. The van der Waals surface area contributed by atoms with Crippen molar-refractivity contribution >= 4 is 16.5 Å². The summed E-state index contributed by atoms with van der Waals surface area (Å²) in [7, 11) is 0. The van der Waals surface area contributed by atoms with Gasteiger partial charge in [-0.15, -0.1) is 0 Å². The number of aromatic hydroxyl groups is 1. The largest absolute Gasteiger partial charge is 0.508 e. The highest BCUT2D eigenvalue weighted by molar-refractivity contribution is 5.86. The number of fused-ring (bicyclic) bond motifs is 1. The molecule has 2 aromatic rings. The first kappa shape index (κ1) is 6.98. The lowest BCUT2D eigenvalue weighted by molar-refractivity contribution is 0.476. The van der Waals surface area contributed by atoms with Crippen molar-refractivity contribution in [3.05, 3.63) is 36.4 Å². The van der Waals surface area contributed by atoms with E-state index in [9.17, 15) is 0 Å². The van der Waals surface area contributed by atoms with E-state index in [0.29, 0.717) is 0 Å². The zero-order chi connectivity index (χ0) is 8.55. The van der Waals surface area contributed by atoms with Crippen LogP contribution < -0.4 is 5.73 Å². The maximum atomic E-state index is 9.17. The highest BCUT2D eigenvalue weighted by Gasteiger charge is 1.94. The highest BCUT2D eigenvalue weighted by Crippen LogP contribution is 2.21. The number of benzene rings is 2. The second-order valence-electron chi connectivity index (χ2n) is 2.79. The molecule has 0 radical (unpaired) electrons. The van der Waals surface area contributed by atoms with Crippen LogP contribution in [0.1, 0.15) is 0 Å². The third kappa shape index (κ3) is 1.07. The molecule has 0 saturated carbocycles. The molecule has 2 rings (SSSR count). The molecule has 0 amide bonds. The molecule has 2 heteroatoms. The van der Waals surface area contributed by atoms with Crippen molar-refractivity contribution in [2.75, 3.05) is 5.73 Å². The van der Waals surface area contributed by atoms with Gasteiger partial charge in [0.25, 0.3) is 0 Å². The Balaban J connectivity index is 2.79. The molecule has 0 saturated heterocycles. The number of hydrogen-bond donors (Lipinski definition) is 2. The van der Waals surface area contributed by atoms with Crippen LogP contribution in [0.15, 0.2) is 36.4 Å². The van der Waals surface area contributed by atoms with Crippen molar-refractivity contribution in [1.82, 2.24) is 0 Å². The Morgan fingerprint density at radius 2 is 1.58 bits per heavy atom. The lowest BCUT2D eigenvalue weighted by Crippen LogP contribution is -1.82. The maximum Gasteiger partial charge on any atom is 0.116 e. The average molecular weight is 159 g/mol. The predicted molar refractivity (Wildman–Crippen MR) is 50.0 cm³/mol. The fraction of sp³-hybridized carbons (Fsp3) is 0. The number of rotatable bonds is 0. The fourth-order valence-electron chi connectivity index (χ4n) is 1.25. The van der Waals surface area contributed by atoms with Crippen molar-refractivity contribution in [2.45, 2.75) is 0 Å². The van der Waals surface area contributed by atoms with E-state index in [2.05, 4.69) is 0 Å². The zero-order valence-corrected chi connectivity index (χ0v) is 6.49. The van der Waals surface area contributed by atoms with Gasteiger partial charge in [0.2, 0.25) is 0 Å². The Bertz CT molecular complexity index is 382. The first-order valence-corrected chi connectivity index (χ1v) is 3.74. The standard InChI is InChI=1S/C10H9NO/c11-9-3-1-8-6-10(12)4-2-7(8)5-9/h1-6,12H,11H2. The minimum absolute atomic E-state index is 0.285. The molecular weight excluding hydrogens is 150 g/mol. The molecule has 2 aromatic carbocycles. The van der Waals surface area contributed by atoms with Gasteiger partial charge < -0.3 is 10.8 Å². The molecule has 0 unspecified atom stereocenters. The number of phenols is 1. The van der Waals surface area contributed by atoms with E-state index in [-0.39, 0.29) is 5.75 Å². The Labute approximate surface area is 70.2 Å². The summed E-state index contributed by atoms with van der Waals surface area (Å²) < 4.78 is 0. The summed E-state index contributed by atoms with van der Waals surface area (Å²) in [4.78, 5) is 0. The molecule has 2 nitrogen and oxygen atoms in total. The second kappa shape index (κ2) is 2.41. The van der Waals surface area contributed by atoms with Gasteiger partial charge in [-0.05, 0) is 35.0 Å². The predicted octanol–water partition coefficient (Wildman–Crippen LogP) is 2.13. The Morgan fingerprint density at radius 1 is 0.917 bits per heavy atom. The number of nitrogens with two attached hydrogens (primary N) is 1. The molecule has 3 N–H and O–H groups in total. The van der Waals surface area contributed by atoms with E-state index < -0.39 is 0 Å². The van der Waals surface area contributed by atoms with Gasteiger partial charge in [0.05, 0.1) is 0 Å². The summed E-state index contributed by atoms with van der Waals surface area (Å²) in [6, 6.07) is 10.8. The highest BCUT2D eigenvalue weighted by atomic mass is 16.3. The van der Waals surface area contributed by atoms with Gasteiger partial charge >= 0.3 is 0 Å². The van der Waals surface area contributed by atoms with Crippen molar-refractivity contribution in [2.24, 2.45) is 0 Å². The Kier molecular flexibility index (Phi) is 1.40. The molecular formula is C10H9NO. The fourth-order valence-corrected chi connectivity index (χ4v) is 1.25. The monoisotopic (exact) mass is 159 g/mol. The summed E-state index contributed by atoms with van der Waals surface area (Å²) in [5.41, 5.74) is 6.34. The van der Waals surface area contributed by atoms with Gasteiger partial charge in [0.1, 0.15) is 5.75 Å². The molecule has 0 aliphatic heterocycles. The van der Waals surface area contributed by atoms with Gasteiger partial charge in [0, 0.05) is 5.69 Å². The van der Waals surface area contributed by atoms with E-state index in [1.807, 2.05) is 24.3 Å². The van der Waals surface area contributed by atoms with Crippen molar-refractivity contribution in [3.8, 4) is 5.75 Å². The molecule has 0 fully saturated rings. The smallest absolute Gasteiger partial charge is 0.116 e. The van der Waals surface area contributed by atoms with Crippen molar-refractivity contribution in [1.29, 1.82) is 0 Å². The molecule has 60 valence electrons. The molecule has 0 bridgehead atoms. The molecule has 0 aliphatic carbocycles. The van der Waals surface area contributed by atoms with Gasteiger partial charge in [-0.25, -0.2) is 0 Å². The zero-order valence-electron chi connectivity index (χ0n) is 6.49. The van der Waals surface area contributed by atoms with Crippen LogP contribution in [0.25, 0.3) is 10.8 Å². The van der Waals surface area contributed by atoms with Crippen LogP contribution in [-0.2, 0) is 0 Å². The van der Waals surface area contributed by atoms with E-state index in [4.69, 9.17) is 10.8 Å². The van der Waals surface area contributed by atoms with E-state index in [1.165, 1.54) is 0 Å². The quantitative estimate of drug-likeness (QED) is 0.578. The summed E-state index contributed by atoms with van der Waals surface area (Å²) in [5, 5.41) is 11.2. The summed E-state index contributed by atoms with van der Waals surface area (Å²) in [6.45, 7) is 0. The number of hydrogen-bond acceptors (Lipinski definition) is 2. The molecule has 0 spiro atoms. The molecule has 0 heterocycles. The van der Waals surface area contributed by atoms with Crippen molar-refractivity contribution in [3.63, 3.8) is 0 Å². The van der Waals surface area contributed by atoms with Crippen LogP contribution in [0.4, 0.5) is 5.69 Å². The number of nitrogen functional groups attached to an aromatic ring is 1. The normalized spacial score (nSPS) is 10.3. The van der Waals surface area contributed by atoms with Crippen LogP contribution in [0.3, 0.4) is 0 Å². The summed E-state index contributed by atoms with van der Waals surface area (Å²) >= 11 is 0. The first-order chi connectivity index (χ1) is 5.75. The lowest BCUT2D eigenvalue weighted by Gasteiger charge is -1.99. The van der Waals surface area contributed by atoms with Gasteiger partial charge in [-0.1, -0.05) is 12.1 Å². The third-order valence-corrected chi connectivity index (χ3v) is 1.85. The van der Waals surface area contributed by atoms with E-state index in [1.54, 1.807) is 12.1 Å². The maximum absolute atomic E-state index is 9.17. The third-order valence-electron chi connectivity index (χ3n) is 1.85. The summed E-state index contributed by atoms with van der Waals surface area (Å²) in [6.07, 6.45) is 0. The first-order valence-electron chi connectivity index (χ1n) is 3.74. The SMILES string of the molecule is Nc1ccc2cc(O)ccc2c1. The minimum atomic E-state index is 0.285. The second-order valence-corrected chi connectivity index (χ2v) is 2.79. The van der Waals surface area contributed by atoms with E-state index in [0.717, 1.165) is 16.5 Å². The molecule has 0 atom stereocenters. The minimum Gasteiger partial charge on any atom is -0.508 e. The number of phenolic OH excluding ortho intramolecular Hbond substituents is 1. The lowest BCUT2D eigenvalue weighted by atomic mass is 10.1. The molecule has 12 heavy (non-hydrogen) atoms. The topological polar surface area (TPSA) is 46.2 Å². The van der Waals surface area contributed by atoms with Gasteiger partial charge in [-0.3, -0.25) is 0 Å². The van der Waals surface area contributed by atoms with Gasteiger partial charge in [-0.2, -0.15) is 0 Å². The van der Waals surface area contributed by atoms with Gasteiger partial charge in [0.15, 0.2) is 0 Å². The van der Waals surface area contributed by atoms with Crippen LogP contribution >= 0.6 is 0 Å². The summed E-state index contributed by atoms with van der Waals surface area (Å²) in [5.74, 6) is 0.285. The van der Waals surface area contributed by atoms with E-state index >= 15 is 0 Å². The van der Waals surface area contributed by atoms with Crippen LogP contribution in [-0.4, -0.2) is 5.11 Å². The van der Waals surface area contributed by atoms with Crippen LogP contribution in [0, 0.1) is 0 Å². The average Bonchev–Trinajstić information content (AvgIpc) is 2.05. The number of anilines is 1. The molecule has 0 aliphatic rings. The van der Waals surface area contributed by atoms with Crippen molar-refractivity contribution < 1.29 is 5.11 Å².